The Hall–Kier alpha value is -3.70. The van der Waals surface area contributed by atoms with Gasteiger partial charge in [0.05, 0.1) is 23.9 Å². The topological polar surface area (TPSA) is 45.6 Å². The first-order valence-electron chi connectivity index (χ1n) is 14.7. The number of aliphatic imine (C=N–C) groups is 1. The Morgan fingerprint density at radius 3 is 2.44 bits per heavy atom. The molecule has 0 radical (unpaired) electrons. The van der Waals surface area contributed by atoms with Crippen LogP contribution < -0.4 is 15.4 Å². The standard InChI is InChI=1S/C36H42FN3O/c1-24-7-6-8-30(14-9-24)41-31-15-10-27(11-16-31)22-40-36(4)21-32(28-13-18-34(38-5)26(3)20-28)35(39-23-36)29-12-17-33(37)25(2)19-29/h7,10-13,15-21,30,38,40H,6,8-9,14,22-23H2,1-5H3. The second-order valence-electron chi connectivity index (χ2n) is 11.8. The molecule has 2 unspecified atom stereocenters. The van der Waals surface area contributed by atoms with Gasteiger partial charge in [0, 0.05) is 30.4 Å². The van der Waals surface area contributed by atoms with E-state index in [1.54, 1.807) is 6.92 Å². The highest BCUT2D eigenvalue weighted by molar-refractivity contribution is 6.32. The average Bonchev–Trinajstić information content (AvgIpc) is 3.17. The summed E-state index contributed by atoms with van der Waals surface area (Å²) in [6.07, 6.45) is 9.28. The van der Waals surface area contributed by atoms with Crippen LogP contribution in [0.15, 0.2) is 83.4 Å². The van der Waals surface area contributed by atoms with Gasteiger partial charge in [-0.1, -0.05) is 35.9 Å². The number of benzene rings is 3. The van der Waals surface area contributed by atoms with Gasteiger partial charge in [-0.05, 0) is 118 Å². The fraction of sp³-hybridized carbons (Fsp3) is 0.361. The van der Waals surface area contributed by atoms with Crippen molar-refractivity contribution in [2.75, 3.05) is 18.9 Å². The van der Waals surface area contributed by atoms with Gasteiger partial charge in [0.15, 0.2) is 0 Å². The molecule has 1 aliphatic carbocycles. The molecule has 41 heavy (non-hydrogen) atoms. The molecule has 2 atom stereocenters. The molecule has 1 heterocycles. The lowest BCUT2D eigenvalue weighted by Gasteiger charge is -2.32. The van der Waals surface area contributed by atoms with Crippen molar-refractivity contribution < 1.29 is 9.13 Å². The maximum Gasteiger partial charge on any atom is 0.126 e. The van der Waals surface area contributed by atoms with Crippen LogP contribution in [0.25, 0.3) is 5.57 Å². The molecule has 0 saturated carbocycles. The molecule has 0 aromatic heterocycles. The lowest BCUT2D eigenvalue weighted by Crippen LogP contribution is -2.45. The lowest BCUT2D eigenvalue weighted by molar-refractivity contribution is 0.185. The van der Waals surface area contributed by atoms with Gasteiger partial charge in [-0.2, -0.15) is 0 Å². The van der Waals surface area contributed by atoms with Crippen LogP contribution in [0.1, 0.15) is 67.3 Å². The summed E-state index contributed by atoms with van der Waals surface area (Å²) in [4.78, 5) is 5.08. The number of hydrogen-bond donors (Lipinski definition) is 2. The molecule has 0 spiro atoms. The summed E-state index contributed by atoms with van der Waals surface area (Å²) >= 11 is 0. The molecule has 4 nitrogen and oxygen atoms in total. The SMILES string of the molecule is CNc1ccc(C2=CC(C)(NCc3ccc(OC4CCC=C(C)CC4)cc3)CN=C2c2ccc(F)c(C)c2)cc1C. The minimum Gasteiger partial charge on any atom is -0.490 e. The Balaban J connectivity index is 1.33. The van der Waals surface area contributed by atoms with Gasteiger partial charge < -0.3 is 15.4 Å². The Morgan fingerprint density at radius 2 is 1.71 bits per heavy atom. The minimum atomic E-state index is -0.343. The molecule has 3 aromatic carbocycles. The first-order chi connectivity index (χ1) is 19.7. The molecular formula is C36H42FN3O. The Labute approximate surface area is 244 Å². The zero-order valence-electron chi connectivity index (χ0n) is 25.0. The molecule has 0 fully saturated rings. The van der Waals surface area contributed by atoms with Gasteiger partial charge in [0.2, 0.25) is 0 Å². The molecule has 0 amide bonds. The fourth-order valence-corrected chi connectivity index (χ4v) is 5.69. The molecule has 5 heteroatoms. The number of rotatable bonds is 8. The van der Waals surface area contributed by atoms with Crippen LogP contribution in [-0.2, 0) is 6.54 Å². The smallest absolute Gasteiger partial charge is 0.126 e. The highest BCUT2D eigenvalue weighted by atomic mass is 19.1. The van der Waals surface area contributed by atoms with Gasteiger partial charge in [-0.25, -0.2) is 4.39 Å². The highest BCUT2D eigenvalue weighted by Crippen LogP contribution is 2.31. The van der Waals surface area contributed by atoms with Crippen LogP contribution in [0.3, 0.4) is 0 Å². The van der Waals surface area contributed by atoms with Gasteiger partial charge in [-0.15, -0.1) is 0 Å². The zero-order chi connectivity index (χ0) is 29.0. The van der Waals surface area contributed by atoms with Crippen molar-refractivity contribution in [2.24, 2.45) is 4.99 Å². The quantitative estimate of drug-likeness (QED) is 0.278. The molecular weight excluding hydrogens is 509 g/mol. The van der Waals surface area contributed by atoms with Crippen molar-refractivity contribution in [1.29, 1.82) is 0 Å². The van der Waals surface area contributed by atoms with E-state index >= 15 is 0 Å². The number of nitrogens with zero attached hydrogens (tertiary/aromatic N) is 1. The Morgan fingerprint density at radius 1 is 0.951 bits per heavy atom. The molecule has 3 aromatic rings. The summed E-state index contributed by atoms with van der Waals surface area (Å²) in [6, 6.07) is 20.2. The first-order valence-corrected chi connectivity index (χ1v) is 14.7. The summed E-state index contributed by atoms with van der Waals surface area (Å²) in [5.41, 5.74) is 9.20. The summed E-state index contributed by atoms with van der Waals surface area (Å²) in [5, 5.41) is 7.01. The molecule has 214 valence electrons. The highest BCUT2D eigenvalue weighted by Gasteiger charge is 2.29. The second-order valence-corrected chi connectivity index (χ2v) is 11.8. The van der Waals surface area contributed by atoms with Gasteiger partial charge in [0.25, 0.3) is 0 Å². The van der Waals surface area contributed by atoms with Gasteiger partial charge >= 0.3 is 0 Å². The second kappa shape index (κ2) is 12.4. The van der Waals surface area contributed by atoms with E-state index in [-0.39, 0.29) is 17.5 Å². The van der Waals surface area contributed by atoms with Crippen LogP contribution in [0, 0.1) is 19.7 Å². The van der Waals surface area contributed by atoms with E-state index in [4.69, 9.17) is 9.73 Å². The maximum atomic E-state index is 14.1. The number of anilines is 1. The van der Waals surface area contributed by atoms with Crippen molar-refractivity contribution in [2.45, 2.75) is 71.6 Å². The third kappa shape index (κ3) is 6.97. The van der Waals surface area contributed by atoms with Crippen molar-refractivity contribution >= 4 is 17.0 Å². The molecule has 2 aliphatic rings. The molecule has 0 bridgehead atoms. The number of dihydropyridines is 1. The number of hydrogen-bond acceptors (Lipinski definition) is 4. The van der Waals surface area contributed by atoms with Crippen LogP contribution in [0.5, 0.6) is 5.75 Å². The number of nitrogens with one attached hydrogen (secondary N) is 2. The van der Waals surface area contributed by atoms with Crippen molar-refractivity contribution in [3.05, 3.63) is 112 Å². The van der Waals surface area contributed by atoms with Crippen LogP contribution in [0.4, 0.5) is 10.1 Å². The third-order valence-electron chi connectivity index (χ3n) is 8.29. The number of ether oxygens (including phenoxy) is 1. The maximum absolute atomic E-state index is 14.1. The molecule has 2 N–H and O–H groups in total. The molecule has 5 rings (SSSR count). The van der Waals surface area contributed by atoms with E-state index in [1.807, 2.05) is 19.2 Å². The van der Waals surface area contributed by atoms with E-state index < -0.39 is 0 Å². The van der Waals surface area contributed by atoms with Gasteiger partial charge in [-0.3, -0.25) is 4.99 Å². The largest absolute Gasteiger partial charge is 0.490 e. The van der Waals surface area contributed by atoms with E-state index in [1.165, 1.54) is 22.8 Å². The minimum absolute atomic E-state index is 0.200. The number of aryl methyl sites for hydroxylation is 2. The van der Waals surface area contributed by atoms with Crippen molar-refractivity contribution in [1.82, 2.24) is 5.32 Å². The predicted molar refractivity (Wildman–Crippen MR) is 170 cm³/mol. The summed E-state index contributed by atoms with van der Waals surface area (Å²) in [5.74, 6) is 0.739. The van der Waals surface area contributed by atoms with Gasteiger partial charge in [0.1, 0.15) is 11.6 Å². The normalized spacial score (nSPS) is 20.9. The summed E-state index contributed by atoms with van der Waals surface area (Å²) < 4.78 is 20.4. The van der Waals surface area contributed by atoms with Crippen LogP contribution in [0.2, 0.25) is 0 Å². The predicted octanol–water partition coefficient (Wildman–Crippen LogP) is 8.19. The Kier molecular flexibility index (Phi) is 8.74. The first kappa shape index (κ1) is 28.8. The van der Waals surface area contributed by atoms with E-state index in [0.717, 1.165) is 59.5 Å². The third-order valence-corrected chi connectivity index (χ3v) is 8.29. The van der Waals surface area contributed by atoms with Crippen LogP contribution >= 0.6 is 0 Å². The molecule has 1 aliphatic heterocycles. The summed E-state index contributed by atoms with van der Waals surface area (Å²) in [7, 11) is 1.94. The monoisotopic (exact) mass is 551 g/mol. The van der Waals surface area contributed by atoms with Crippen molar-refractivity contribution in [3.8, 4) is 5.75 Å². The number of halogens is 1. The average molecular weight is 552 g/mol. The van der Waals surface area contributed by atoms with E-state index in [9.17, 15) is 4.39 Å². The number of allylic oxidation sites excluding steroid dienone is 3. The Bertz CT molecular complexity index is 1490. The fourth-order valence-electron chi connectivity index (χ4n) is 5.69. The van der Waals surface area contributed by atoms with Crippen molar-refractivity contribution in [3.63, 3.8) is 0 Å². The van der Waals surface area contributed by atoms with E-state index in [0.29, 0.717) is 18.7 Å². The van der Waals surface area contributed by atoms with Crippen LogP contribution in [-0.4, -0.2) is 30.9 Å². The molecule has 0 saturated heterocycles. The van der Waals surface area contributed by atoms with E-state index in [2.05, 4.69) is 86.0 Å². The zero-order valence-corrected chi connectivity index (χ0v) is 25.0. The lowest BCUT2D eigenvalue weighted by atomic mass is 9.86. The summed E-state index contributed by atoms with van der Waals surface area (Å²) in [6.45, 7) is 9.62.